The molecule has 1 aliphatic carbocycles. The van der Waals surface area contributed by atoms with Crippen molar-refractivity contribution in [2.75, 3.05) is 12.4 Å². The number of benzene rings is 1. The molecule has 170 valence electrons. The third kappa shape index (κ3) is 4.25. The molecule has 3 heterocycles. The standard InChI is InChI=1S/C25H28ClN7/c1-15-22(11-21-12-23(29-14-28-21)33-17(3)24(26)16(2)30-33)32(13-18-5-6-18)31-25(15)19-7-9-20(27-4)10-8-19/h7-10,12,14,18,27H,5-6,11,13H2,1-4H3. The maximum absolute atomic E-state index is 6.35. The van der Waals surface area contributed by atoms with Gasteiger partial charge in [-0.3, -0.25) is 4.68 Å². The summed E-state index contributed by atoms with van der Waals surface area (Å²) in [7, 11) is 1.93. The summed E-state index contributed by atoms with van der Waals surface area (Å²) in [5.74, 6) is 1.45. The van der Waals surface area contributed by atoms with Crippen LogP contribution in [0.1, 0.15) is 41.2 Å². The smallest absolute Gasteiger partial charge is 0.157 e. The second-order valence-corrected chi connectivity index (χ2v) is 9.19. The quantitative estimate of drug-likeness (QED) is 0.412. The molecule has 0 atom stereocenters. The number of rotatable bonds is 7. The van der Waals surface area contributed by atoms with Crippen molar-refractivity contribution in [2.24, 2.45) is 5.92 Å². The molecule has 0 radical (unpaired) electrons. The van der Waals surface area contributed by atoms with Gasteiger partial charge in [-0.05, 0) is 57.2 Å². The van der Waals surface area contributed by atoms with E-state index in [1.165, 1.54) is 24.1 Å². The highest BCUT2D eigenvalue weighted by Crippen LogP contribution is 2.34. The molecule has 0 amide bonds. The summed E-state index contributed by atoms with van der Waals surface area (Å²) in [6.45, 7) is 6.97. The van der Waals surface area contributed by atoms with E-state index in [2.05, 4.69) is 56.3 Å². The van der Waals surface area contributed by atoms with Gasteiger partial charge in [0.25, 0.3) is 0 Å². The Labute approximate surface area is 198 Å². The fourth-order valence-electron chi connectivity index (χ4n) is 4.19. The molecule has 8 heteroatoms. The van der Waals surface area contributed by atoms with E-state index in [0.29, 0.717) is 11.4 Å². The SMILES string of the molecule is CNc1ccc(-c2nn(CC3CC3)c(Cc3cc(-n4nc(C)c(Cl)c4C)ncn3)c2C)cc1. The second kappa shape index (κ2) is 8.63. The van der Waals surface area contributed by atoms with Crippen LogP contribution in [0, 0.1) is 26.7 Å². The predicted octanol–water partition coefficient (Wildman–Crippen LogP) is 5.15. The van der Waals surface area contributed by atoms with Gasteiger partial charge in [-0.2, -0.15) is 10.2 Å². The molecule has 0 aliphatic heterocycles. The van der Waals surface area contributed by atoms with Crippen molar-refractivity contribution in [3.8, 4) is 17.1 Å². The van der Waals surface area contributed by atoms with Gasteiger partial charge < -0.3 is 5.32 Å². The average molecular weight is 462 g/mol. The molecule has 0 unspecified atom stereocenters. The molecule has 33 heavy (non-hydrogen) atoms. The maximum atomic E-state index is 6.35. The monoisotopic (exact) mass is 461 g/mol. The number of halogens is 1. The zero-order valence-electron chi connectivity index (χ0n) is 19.4. The van der Waals surface area contributed by atoms with Crippen LogP contribution in [-0.2, 0) is 13.0 Å². The van der Waals surface area contributed by atoms with Crippen LogP contribution in [0.15, 0.2) is 36.7 Å². The minimum atomic E-state index is 0.669. The second-order valence-electron chi connectivity index (χ2n) is 8.81. The fraction of sp³-hybridized carbons (Fsp3) is 0.360. The van der Waals surface area contributed by atoms with Crippen molar-refractivity contribution in [3.05, 3.63) is 70.0 Å². The fourth-order valence-corrected chi connectivity index (χ4v) is 4.31. The third-order valence-corrected chi connectivity index (χ3v) is 6.92. The summed E-state index contributed by atoms with van der Waals surface area (Å²) >= 11 is 6.35. The van der Waals surface area contributed by atoms with Crippen molar-refractivity contribution < 1.29 is 0 Å². The predicted molar refractivity (Wildman–Crippen MR) is 131 cm³/mol. The van der Waals surface area contributed by atoms with Crippen LogP contribution < -0.4 is 5.32 Å². The molecule has 0 bridgehead atoms. The molecular weight excluding hydrogens is 434 g/mol. The molecular formula is C25H28ClN7. The number of hydrogen-bond donors (Lipinski definition) is 1. The number of nitrogens with one attached hydrogen (secondary N) is 1. The summed E-state index contributed by atoms with van der Waals surface area (Å²) in [5.41, 5.74) is 8.25. The van der Waals surface area contributed by atoms with E-state index in [-0.39, 0.29) is 0 Å². The molecule has 5 rings (SSSR count). The Balaban J connectivity index is 1.51. The van der Waals surface area contributed by atoms with E-state index in [4.69, 9.17) is 16.7 Å². The number of aromatic nitrogens is 6. The number of hydrogen-bond acceptors (Lipinski definition) is 5. The Bertz CT molecular complexity index is 1300. The van der Waals surface area contributed by atoms with Crippen molar-refractivity contribution in [2.45, 2.75) is 46.6 Å². The van der Waals surface area contributed by atoms with Crippen LogP contribution in [0.25, 0.3) is 17.1 Å². The average Bonchev–Trinajstić information content (AvgIpc) is 3.56. The van der Waals surface area contributed by atoms with Gasteiger partial charge in [0.2, 0.25) is 0 Å². The topological polar surface area (TPSA) is 73.5 Å². The van der Waals surface area contributed by atoms with Gasteiger partial charge in [0.15, 0.2) is 5.82 Å². The van der Waals surface area contributed by atoms with Crippen LogP contribution in [0.3, 0.4) is 0 Å². The first-order valence-corrected chi connectivity index (χ1v) is 11.7. The molecule has 1 N–H and O–H groups in total. The molecule has 1 aliphatic rings. The van der Waals surface area contributed by atoms with Gasteiger partial charge in [0.05, 0.1) is 27.8 Å². The summed E-state index contributed by atoms with van der Waals surface area (Å²) in [6.07, 6.45) is 4.84. The summed E-state index contributed by atoms with van der Waals surface area (Å²) in [5, 5.41) is 13.4. The summed E-state index contributed by atoms with van der Waals surface area (Å²) < 4.78 is 3.97. The molecule has 7 nitrogen and oxygen atoms in total. The minimum absolute atomic E-state index is 0.669. The zero-order valence-corrected chi connectivity index (χ0v) is 20.2. The van der Waals surface area contributed by atoms with Gasteiger partial charge >= 0.3 is 0 Å². The Kier molecular flexibility index (Phi) is 5.66. The van der Waals surface area contributed by atoms with E-state index in [0.717, 1.165) is 52.3 Å². The van der Waals surface area contributed by atoms with Crippen LogP contribution in [0.5, 0.6) is 0 Å². The lowest BCUT2D eigenvalue weighted by Crippen LogP contribution is -2.10. The normalized spacial score (nSPS) is 13.5. The Morgan fingerprint density at radius 1 is 1.06 bits per heavy atom. The lowest BCUT2D eigenvalue weighted by atomic mass is 10.0. The highest BCUT2D eigenvalue weighted by atomic mass is 35.5. The Morgan fingerprint density at radius 3 is 2.45 bits per heavy atom. The first kappa shape index (κ1) is 21.6. The molecule has 0 spiro atoms. The summed E-state index contributed by atoms with van der Waals surface area (Å²) in [6, 6.07) is 10.4. The van der Waals surface area contributed by atoms with Crippen LogP contribution in [-0.4, -0.2) is 36.6 Å². The summed E-state index contributed by atoms with van der Waals surface area (Å²) in [4.78, 5) is 9.01. The zero-order chi connectivity index (χ0) is 23.1. The van der Waals surface area contributed by atoms with E-state index in [1.807, 2.05) is 27.0 Å². The van der Waals surface area contributed by atoms with Crippen molar-refractivity contribution in [1.29, 1.82) is 0 Å². The molecule has 4 aromatic rings. The van der Waals surface area contributed by atoms with Crippen LogP contribution >= 0.6 is 11.6 Å². The first-order valence-electron chi connectivity index (χ1n) is 11.3. The van der Waals surface area contributed by atoms with Crippen molar-refractivity contribution in [1.82, 2.24) is 29.5 Å². The van der Waals surface area contributed by atoms with Crippen molar-refractivity contribution in [3.63, 3.8) is 0 Å². The third-order valence-electron chi connectivity index (χ3n) is 6.37. The van der Waals surface area contributed by atoms with E-state index < -0.39 is 0 Å². The van der Waals surface area contributed by atoms with Gasteiger partial charge in [0, 0.05) is 43.0 Å². The Morgan fingerprint density at radius 2 is 1.82 bits per heavy atom. The van der Waals surface area contributed by atoms with Gasteiger partial charge in [-0.1, -0.05) is 23.7 Å². The molecule has 1 aromatic carbocycles. The van der Waals surface area contributed by atoms with Gasteiger partial charge in [0.1, 0.15) is 6.33 Å². The number of anilines is 1. The molecule has 0 saturated heterocycles. The first-order chi connectivity index (χ1) is 15.9. The van der Waals surface area contributed by atoms with E-state index in [1.54, 1.807) is 11.0 Å². The van der Waals surface area contributed by atoms with E-state index >= 15 is 0 Å². The molecule has 1 fully saturated rings. The molecule has 1 saturated carbocycles. The highest BCUT2D eigenvalue weighted by Gasteiger charge is 2.25. The maximum Gasteiger partial charge on any atom is 0.157 e. The number of aryl methyl sites for hydroxylation is 1. The number of nitrogens with zero attached hydrogens (tertiary/aromatic N) is 6. The van der Waals surface area contributed by atoms with Crippen LogP contribution in [0.2, 0.25) is 5.02 Å². The van der Waals surface area contributed by atoms with Gasteiger partial charge in [-0.15, -0.1) is 0 Å². The van der Waals surface area contributed by atoms with Gasteiger partial charge in [-0.25, -0.2) is 14.6 Å². The Hall–Kier alpha value is -3.19. The van der Waals surface area contributed by atoms with Crippen molar-refractivity contribution >= 4 is 17.3 Å². The lowest BCUT2D eigenvalue weighted by Gasteiger charge is -2.09. The highest BCUT2D eigenvalue weighted by molar-refractivity contribution is 6.31. The lowest BCUT2D eigenvalue weighted by molar-refractivity contribution is 0.544. The molecule has 3 aromatic heterocycles. The minimum Gasteiger partial charge on any atom is -0.388 e. The van der Waals surface area contributed by atoms with Crippen LogP contribution in [0.4, 0.5) is 5.69 Å². The van der Waals surface area contributed by atoms with E-state index in [9.17, 15) is 0 Å². The largest absolute Gasteiger partial charge is 0.388 e.